The summed E-state index contributed by atoms with van der Waals surface area (Å²) in [5.41, 5.74) is 3.35. The average molecular weight is 428 g/mol. The molecule has 1 saturated heterocycles. The zero-order chi connectivity index (χ0) is 22.0. The van der Waals surface area contributed by atoms with Gasteiger partial charge in [-0.05, 0) is 62.6 Å². The number of ketones is 1. The largest absolute Gasteiger partial charge is 0.507 e. The first-order chi connectivity index (χ1) is 14.2. The first kappa shape index (κ1) is 22.1. The molecule has 5 nitrogen and oxygen atoms in total. The molecule has 2 aromatic rings. The first-order valence-electron chi connectivity index (χ1n) is 9.93. The predicted octanol–water partition coefficient (Wildman–Crippen LogP) is 4.80. The Morgan fingerprint density at radius 3 is 2.37 bits per heavy atom. The van der Waals surface area contributed by atoms with Gasteiger partial charge in [-0.2, -0.15) is 0 Å². The van der Waals surface area contributed by atoms with Crippen molar-refractivity contribution < 1.29 is 19.4 Å². The number of hydrogen-bond donors (Lipinski definition) is 1. The Bertz CT molecular complexity index is 995. The molecule has 0 spiro atoms. The van der Waals surface area contributed by atoms with Crippen LogP contribution in [-0.2, 0) is 14.3 Å². The Morgan fingerprint density at radius 1 is 1.10 bits per heavy atom. The Kier molecular flexibility index (Phi) is 6.64. The Labute approximate surface area is 181 Å². The Balaban J connectivity index is 2.10. The van der Waals surface area contributed by atoms with E-state index in [2.05, 4.69) is 0 Å². The summed E-state index contributed by atoms with van der Waals surface area (Å²) >= 11 is 6.03. The number of aryl methyl sites for hydroxylation is 2. The molecule has 158 valence electrons. The number of aliphatic hydroxyl groups excluding tert-OH is 1. The number of benzene rings is 2. The van der Waals surface area contributed by atoms with Crippen molar-refractivity contribution in [3.05, 3.63) is 75.3 Å². The molecule has 1 aliphatic rings. The van der Waals surface area contributed by atoms with Gasteiger partial charge in [0.15, 0.2) is 0 Å². The van der Waals surface area contributed by atoms with E-state index in [4.69, 9.17) is 16.3 Å². The summed E-state index contributed by atoms with van der Waals surface area (Å²) in [6.07, 6.45) is 0.00587. The summed E-state index contributed by atoms with van der Waals surface area (Å²) in [7, 11) is 0. The number of ether oxygens (including phenoxy) is 1. The third-order valence-corrected chi connectivity index (χ3v) is 5.54. The Morgan fingerprint density at radius 2 is 1.77 bits per heavy atom. The lowest BCUT2D eigenvalue weighted by atomic mass is 9.94. The fourth-order valence-corrected chi connectivity index (χ4v) is 3.66. The maximum absolute atomic E-state index is 13.0. The van der Waals surface area contributed by atoms with Gasteiger partial charge in [0.05, 0.1) is 24.3 Å². The van der Waals surface area contributed by atoms with Crippen LogP contribution in [-0.4, -0.2) is 41.0 Å². The van der Waals surface area contributed by atoms with E-state index in [-0.39, 0.29) is 24.0 Å². The number of rotatable bonds is 6. The van der Waals surface area contributed by atoms with Crippen molar-refractivity contribution in [2.24, 2.45) is 0 Å². The minimum Gasteiger partial charge on any atom is -0.507 e. The standard InChI is InChI=1S/C24H26ClNO4/c1-14(2)30-12-11-26-21(17-7-9-19(25)10-8-17)20(23(28)24(26)29)22(27)18-6-5-15(3)16(4)13-18/h5-10,13-14,21,27H,11-12H2,1-4H3/b22-20-. The quantitative estimate of drug-likeness (QED) is 0.408. The fraction of sp³-hybridized carbons (Fsp3) is 0.333. The lowest BCUT2D eigenvalue weighted by molar-refractivity contribution is -0.140. The fourth-order valence-electron chi connectivity index (χ4n) is 3.53. The zero-order valence-electron chi connectivity index (χ0n) is 17.6. The van der Waals surface area contributed by atoms with E-state index in [1.54, 1.807) is 30.3 Å². The van der Waals surface area contributed by atoms with Gasteiger partial charge in [-0.15, -0.1) is 0 Å². The van der Waals surface area contributed by atoms with Crippen LogP contribution >= 0.6 is 11.6 Å². The molecule has 1 atom stereocenters. The molecule has 3 rings (SSSR count). The lowest BCUT2D eigenvalue weighted by Gasteiger charge is -2.25. The van der Waals surface area contributed by atoms with Crippen LogP contribution in [0.3, 0.4) is 0 Å². The van der Waals surface area contributed by atoms with Crippen molar-refractivity contribution in [1.29, 1.82) is 0 Å². The number of amides is 1. The van der Waals surface area contributed by atoms with E-state index in [9.17, 15) is 14.7 Å². The molecule has 0 saturated carbocycles. The molecule has 2 aromatic carbocycles. The summed E-state index contributed by atoms with van der Waals surface area (Å²) in [6, 6.07) is 11.7. The van der Waals surface area contributed by atoms with E-state index < -0.39 is 17.7 Å². The third kappa shape index (κ3) is 4.42. The molecule has 1 heterocycles. The van der Waals surface area contributed by atoms with Crippen LogP contribution in [0, 0.1) is 13.8 Å². The van der Waals surface area contributed by atoms with Gasteiger partial charge in [0.1, 0.15) is 5.76 Å². The maximum Gasteiger partial charge on any atom is 0.295 e. The summed E-state index contributed by atoms with van der Waals surface area (Å²) < 4.78 is 5.60. The highest BCUT2D eigenvalue weighted by Gasteiger charge is 2.45. The van der Waals surface area contributed by atoms with E-state index in [0.717, 1.165) is 11.1 Å². The molecule has 0 radical (unpaired) electrons. The van der Waals surface area contributed by atoms with E-state index >= 15 is 0 Å². The molecule has 1 N–H and O–H groups in total. The van der Waals surface area contributed by atoms with Gasteiger partial charge >= 0.3 is 0 Å². The second kappa shape index (κ2) is 9.02. The first-order valence-corrected chi connectivity index (χ1v) is 10.3. The smallest absolute Gasteiger partial charge is 0.295 e. The number of carbonyl (C=O) groups is 2. The zero-order valence-corrected chi connectivity index (χ0v) is 18.4. The molecule has 6 heteroatoms. The highest BCUT2D eigenvalue weighted by Crippen LogP contribution is 2.39. The van der Waals surface area contributed by atoms with Crippen LogP contribution in [0.4, 0.5) is 0 Å². The van der Waals surface area contributed by atoms with E-state index in [1.807, 2.05) is 39.8 Å². The maximum atomic E-state index is 13.0. The van der Waals surface area contributed by atoms with Gasteiger partial charge in [-0.25, -0.2) is 0 Å². The third-order valence-electron chi connectivity index (χ3n) is 5.29. The summed E-state index contributed by atoms with van der Waals surface area (Å²) in [6.45, 7) is 8.25. The van der Waals surface area contributed by atoms with E-state index in [1.165, 1.54) is 4.90 Å². The summed E-state index contributed by atoms with van der Waals surface area (Å²) in [5.74, 6) is -1.52. The van der Waals surface area contributed by atoms with Crippen molar-refractivity contribution in [1.82, 2.24) is 4.90 Å². The minimum atomic E-state index is -0.709. The minimum absolute atomic E-state index is 0.00587. The number of hydrogen-bond acceptors (Lipinski definition) is 4. The summed E-state index contributed by atoms with van der Waals surface area (Å²) in [4.78, 5) is 27.3. The second-order valence-corrected chi connectivity index (χ2v) is 8.20. The van der Waals surface area contributed by atoms with Gasteiger partial charge < -0.3 is 14.7 Å². The van der Waals surface area contributed by atoms with Gasteiger partial charge in [-0.3, -0.25) is 9.59 Å². The van der Waals surface area contributed by atoms with Gasteiger partial charge in [0.2, 0.25) is 0 Å². The van der Waals surface area contributed by atoms with Gasteiger partial charge in [-0.1, -0.05) is 35.9 Å². The molecular formula is C24H26ClNO4. The topological polar surface area (TPSA) is 66.8 Å². The number of nitrogens with zero attached hydrogens (tertiary/aromatic N) is 1. The number of aliphatic hydroxyl groups is 1. The molecule has 0 bridgehead atoms. The second-order valence-electron chi connectivity index (χ2n) is 7.76. The van der Waals surface area contributed by atoms with Crippen molar-refractivity contribution in [3.63, 3.8) is 0 Å². The molecule has 1 aliphatic heterocycles. The Hall–Kier alpha value is -2.63. The van der Waals surface area contributed by atoms with Crippen molar-refractivity contribution in [2.45, 2.75) is 39.8 Å². The van der Waals surface area contributed by atoms with Crippen LogP contribution in [0.2, 0.25) is 5.02 Å². The lowest BCUT2D eigenvalue weighted by Crippen LogP contribution is -2.33. The molecule has 30 heavy (non-hydrogen) atoms. The molecule has 1 amide bonds. The molecule has 0 aliphatic carbocycles. The van der Waals surface area contributed by atoms with Crippen molar-refractivity contribution in [3.8, 4) is 0 Å². The highest BCUT2D eigenvalue weighted by atomic mass is 35.5. The molecular weight excluding hydrogens is 402 g/mol. The van der Waals surface area contributed by atoms with Gasteiger partial charge in [0.25, 0.3) is 11.7 Å². The number of halogens is 1. The SMILES string of the molecule is Cc1ccc(/C(O)=C2/C(=O)C(=O)N(CCOC(C)C)C2c2ccc(Cl)cc2)cc1C. The monoisotopic (exact) mass is 427 g/mol. The van der Waals surface area contributed by atoms with Crippen LogP contribution in [0.25, 0.3) is 5.76 Å². The van der Waals surface area contributed by atoms with E-state index in [0.29, 0.717) is 22.8 Å². The molecule has 1 unspecified atom stereocenters. The highest BCUT2D eigenvalue weighted by molar-refractivity contribution is 6.46. The van der Waals surface area contributed by atoms with Crippen molar-refractivity contribution >= 4 is 29.1 Å². The van der Waals surface area contributed by atoms with Gasteiger partial charge in [0, 0.05) is 17.1 Å². The normalized spacial score (nSPS) is 18.5. The van der Waals surface area contributed by atoms with Crippen LogP contribution in [0.1, 0.15) is 42.1 Å². The summed E-state index contributed by atoms with van der Waals surface area (Å²) in [5, 5.41) is 11.6. The number of Topliss-reactive ketones (excluding diaryl/α,β-unsaturated/α-hetero) is 1. The molecule has 1 fully saturated rings. The van der Waals surface area contributed by atoms with Crippen LogP contribution < -0.4 is 0 Å². The predicted molar refractivity (Wildman–Crippen MR) is 117 cm³/mol. The van der Waals surface area contributed by atoms with Crippen LogP contribution in [0.15, 0.2) is 48.0 Å². The number of likely N-dealkylation sites (tertiary alicyclic amines) is 1. The number of carbonyl (C=O) groups excluding carboxylic acids is 2. The van der Waals surface area contributed by atoms with Crippen molar-refractivity contribution in [2.75, 3.05) is 13.2 Å². The molecule has 0 aromatic heterocycles. The van der Waals surface area contributed by atoms with Crippen LogP contribution in [0.5, 0.6) is 0 Å². The average Bonchev–Trinajstić information content (AvgIpc) is 2.95.